The number of aromatic nitrogens is 2. The van der Waals surface area contributed by atoms with Crippen molar-refractivity contribution in [3.63, 3.8) is 0 Å². The molecule has 1 heterocycles. The zero-order chi connectivity index (χ0) is 27.1. The monoisotopic (exact) mass is 516 g/mol. The molecule has 0 radical (unpaired) electrons. The Morgan fingerprint density at radius 3 is 2.66 bits per heavy atom. The summed E-state index contributed by atoms with van der Waals surface area (Å²) in [6.07, 6.45) is 3.37. The molecule has 0 spiro atoms. The Kier molecular flexibility index (Phi) is 8.12. The Balaban J connectivity index is 1.63. The van der Waals surface area contributed by atoms with E-state index in [1.54, 1.807) is 55.5 Å². The molecule has 0 saturated carbocycles. The van der Waals surface area contributed by atoms with E-state index in [1.165, 1.54) is 24.4 Å². The molecule has 0 unspecified atom stereocenters. The summed E-state index contributed by atoms with van der Waals surface area (Å²) in [5.41, 5.74) is 0.378. The van der Waals surface area contributed by atoms with E-state index in [4.69, 9.17) is 9.47 Å². The van der Waals surface area contributed by atoms with Crippen LogP contribution in [0.4, 0.5) is 10.1 Å². The van der Waals surface area contributed by atoms with Crippen molar-refractivity contribution in [1.29, 1.82) is 0 Å². The van der Waals surface area contributed by atoms with Gasteiger partial charge >= 0.3 is 5.69 Å². The Labute approximate surface area is 216 Å². The second-order valence-electron chi connectivity index (χ2n) is 8.09. The Bertz CT molecular complexity index is 1640. The molecule has 0 bridgehead atoms. The van der Waals surface area contributed by atoms with E-state index >= 15 is 0 Å². The topological polar surface area (TPSA) is 115 Å². The van der Waals surface area contributed by atoms with E-state index in [0.717, 1.165) is 4.68 Å². The number of ether oxygens (including phenoxy) is 2. The zero-order valence-corrected chi connectivity index (χ0v) is 20.6. The van der Waals surface area contributed by atoms with E-state index in [1.807, 2.05) is 0 Å². The number of aromatic amines is 1. The van der Waals surface area contributed by atoms with Crippen LogP contribution in [0.25, 0.3) is 10.9 Å². The van der Waals surface area contributed by atoms with E-state index < -0.39 is 29.6 Å². The van der Waals surface area contributed by atoms with Gasteiger partial charge in [0.15, 0.2) is 18.1 Å². The van der Waals surface area contributed by atoms with Crippen molar-refractivity contribution < 1.29 is 18.7 Å². The number of benzene rings is 3. The number of nitrogens with zero attached hydrogens (tertiary/aromatic N) is 2. The first kappa shape index (κ1) is 26.1. The van der Waals surface area contributed by atoms with E-state index in [0.29, 0.717) is 46.6 Å². The number of nitrogens with one attached hydrogen (secondary N) is 2. The molecule has 38 heavy (non-hydrogen) atoms. The highest BCUT2D eigenvalue weighted by Crippen LogP contribution is 2.33. The number of para-hydroxylation sites is 2. The summed E-state index contributed by atoms with van der Waals surface area (Å²) < 4.78 is 26.1. The van der Waals surface area contributed by atoms with Crippen molar-refractivity contribution in [2.24, 2.45) is 5.10 Å². The zero-order valence-electron chi connectivity index (χ0n) is 20.6. The van der Waals surface area contributed by atoms with Crippen molar-refractivity contribution in [2.45, 2.75) is 13.3 Å². The van der Waals surface area contributed by atoms with E-state index in [9.17, 15) is 18.8 Å². The smallest absolute Gasteiger partial charge is 0.349 e. The maximum absolute atomic E-state index is 13.9. The lowest BCUT2D eigenvalue weighted by molar-refractivity contribution is -0.118. The van der Waals surface area contributed by atoms with Crippen molar-refractivity contribution in [3.8, 4) is 11.5 Å². The van der Waals surface area contributed by atoms with Gasteiger partial charge in [-0.05, 0) is 55.3 Å². The minimum atomic E-state index is -0.679. The van der Waals surface area contributed by atoms with Crippen molar-refractivity contribution >= 4 is 28.7 Å². The molecule has 4 rings (SSSR count). The van der Waals surface area contributed by atoms with Crippen LogP contribution in [0.1, 0.15) is 18.1 Å². The van der Waals surface area contributed by atoms with E-state index in [2.05, 4.69) is 22.0 Å². The lowest BCUT2D eigenvalue weighted by Gasteiger charge is -2.16. The minimum Gasteiger partial charge on any atom is -0.490 e. The standard InChI is InChI=1S/C28H25FN4O5/c1-3-9-19-14-18(16-30-33-27(35)20-10-5-7-12-22(20)32-28(33)36)15-24(37-4-2)26(19)38-17-25(34)31-23-13-8-6-11-21(23)29/h3,5-8,10-16H,1,4,9,17H2,2H3,(H,31,34)(H,32,36). The van der Waals surface area contributed by atoms with Crippen molar-refractivity contribution in [3.05, 3.63) is 111 Å². The molecule has 4 aromatic rings. The maximum Gasteiger partial charge on any atom is 0.349 e. The van der Waals surface area contributed by atoms with Crippen LogP contribution in [0.5, 0.6) is 11.5 Å². The van der Waals surface area contributed by atoms with Crippen LogP contribution in [0.2, 0.25) is 0 Å². The summed E-state index contributed by atoms with van der Waals surface area (Å²) in [5, 5.41) is 6.89. The van der Waals surface area contributed by atoms with Crippen LogP contribution in [0.3, 0.4) is 0 Å². The summed E-state index contributed by atoms with van der Waals surface area (Å²) in [5.74, 6) is -0.473. The van der Waals surface area contributed by atoms with Gasteiger partial charge in [0.25, 0.3) is 11.5 Å². The van der Waals surface area contributed by atoms with Gasteiger partial charge in [-0.3, -0.25) is 9.59 Å². The molecule has 0 saturated heterocycles. The van der Waals surface area contributed by atoms with Crippen LogP contribution in [0.15, 0.2) is 88.0 Å². The SMILES string of the molecule is C=CCc1cc(C=Nn2c(=O)[nH]c3ccccc3c2=O)cc(OCC)c1OCC(=O)Nc1ccccc1F. The van der Waals surface area contributed by atoms with Crippen LogP contribution in [0, 0.1) is 5.82 Å². The molecular weight excluding hydrogens is 491 g/mol. The molecule has 0 aliphatic rings. The Morgan fingerprint density at radius 2 is 1.89 bits per heavy atom. The molecule has 0 aliphatic carbocycles. The largest absolute Gasteiger partial charge is 0.490 e. The average Bonchev–Trinajstić information content (AvgIpc) is 2.90. The third-order valence-corrected chi connectivity index (χ3v) is 5.42. The number of carbonyl (C=O) groups is 1. The lowest BCUT2D eigenvalue weighted by Crippen LogP contribution is -2.32. The molecule has 9 nitrogen and oxygen atoms in total. The van der Waals surface area contributed by atoms with Gasteiger partial charge in [0, 0.05) is 5.56 Å². The van der Waals surface area contributed by atoms with Crippen LogP contribution >= 0.6 is 0 Å². The highest BCUT2D eigenvalue weighted by Gasteiger charge is 2.16. The number of allylic oxidation sites excluding steroid dienone is 1. The molecule has 3 aromatic carbocycles. The summed E-state index contributed by atoms with van der Waals surface area (Å²) in [7, 11) is 0. The summed E-state index contributed by atoms with van der Waals surface area (Å²) >= 11 is 0. The molecule has 0 aliphatic heterocycles. The van der Waals surface area contributed by atoms with Gasteiger partial charge < -0.3 is 19.8 Å². The highest BCUT2D eigenvalue weighted by molar-refractivity contribution is 5.92. The summed E-state index contributed by atoms with van der Waals surface area (Å²) in [6, 6.07) is 15.8. The predicted molar refractivity (Wildman–Crippen MR) is 144 cm³/mol. The third-order valence-electron chi connectivity index (χ3n) is 5.42. The fourth-order valence-corrected chi connectivity index (χ4v) is 3.76. The Hall–Kier alpha value is -4.99. The van der Waals surface area contributed by atoms with Crippen LogP contribution < -0.4 is 26.0 Å². The average molecular weight is 517 g/mol. The molecule has 10 heteroatoms. The molecule has 1 aromatic heterocycles. The summed E-state index contributed by atoms with van der Waals surface area (Å²) in [6.45, 7) is 5.46. The fourth-order valence-electron chi connectivity index (χ4n) is 3.76. The number of fused-ring (bicyclic) bond motifs is 1. The second-order valence-corrected chi connectivity index (χ2v) is 8.09. The van der Waals surface area contributed by atoms with Crippen LogP contribution in [-0.4, -0.2) is 35.0 Å². The first-order chi connectivity index (χ1) is 18.4. The lowest BCUT2D eigenvalue weighted by atomic mass is 10.1. The molecule has 194 valence electrons. The second kappa shape index (κ2) is 11.8. The van der Waals surface area contributed by atoms with Crippen LogP contribution in [-0.2, 0) is 11.2 Å². The van der Waals surface area contributed by atoms with Gasteiger partial charge in [-0.15, -0.1) is 11.3 Å². The number of hydrogen-bond donors (Lipinski definition) is 2. The van der Waals surface area contributed by atoms with E-state index in [-0.39, 0.29) is 5.69 Å². The highest BCUT2D eigenvalue weighted by atomic mass is 19.1. The number of halogens is 1. The predicted octanol–water partition coefficient (Wildman–Crippen LogP) is 3.86. The van der Waals surface area contributed by atoms with Gasteiger partial charge in [0.2, 0.25) is 0 Å². The van der Waals surface area contributed by atoms with Gasteiger partial charge in [-0.25, -0.2) is 9.18 Å². The quantitative estimate of drug-likeness (QED) is 0.245. The molecule has 2 N–H and O–H groups in total. The number of carbonyl (C=O) groups excluding carboxylic acids is 1. The van der Waals surface area contributed by atoms with Gasteiger partial charge in [-0.2, -0.15) is 5.10 Å². The maximum atomic E-state index is 13.9. The summed E-state index contributed by atoms with van der Waals surface area (Å²) in [4.78, 5) is 40.3. The molecule has 0 fully saturated rings. The molecule has 0 atom stereocenters. The Morgan fingerprint density at radius 1 is 1.13 bits per heavy atom. The minimum absolute atomic E-state index is 0.0444. The third kappa shape index (κ3) is 5.86. The molecule has 1 amide bonds. The number of rotatable bonds is 10. The number of anilines is 1. The van der Waals surface area contributed by atoms with Gasteiger partial charge in [-0.1, -0.05) is 30.3 Å². The molecular formula is C28H25FN4O5. The first-order valence-corrected chi connectivity index (χ1v) is 11.8. The van der Waals surface area contributed by atoms with Gasteiger partial charge in [0.05, 0.1) is 29.4 Å². The number of amides is 1. The normalized spacial score (nSPS) is 11.0. The van der Waals surface area contributed by atoms with Crippen molar-refractivity contribution in [1.82, 2.24) is 9.66 Å². The van der Waals surface area contributed by atoms with Gasteiger partial charge in [0.1, 0.15) is 5.82 Å². The fraction of sp³-hybridized carbons (Fsp3) is 0.143. The van der Waals surface area contributed by atoms with Crippen molar-refractivity contribution in [2.75, 3.05) is 18.5 Å². The number of hydrogen-bond acceptors (Lipinski definition) is 6. The first-order valence-electron chi connectivity index (χ1n) is 11.8. The number of H-pyrrole nitrogens is 1.